The van der Waals surface area contributed by atoms with Crippen molar-refractivity contribution < 1.29 is 19.1 Å². The molecule has 1 atom stereocenters. The predicted octanol–water partition coefficient (Wildman–Crippen LogP) is 5.70. The SMILES string of the molecule is COC(=O)[C@]1(c2ccc3c(ccn3C(=O)OC(C)(C)C)c2)CCCc2c1[nH]c1ccccc21. The van der Waals surface area contributed by atoms with Gasteiger partial charge in [0.25, 0.3) is 0 Å². The lowest BCUT2D eigenvalue weighted by atomic mass is 9.68. The van der Waals surface area contributed by atoms with Crippen molar-refractivity contribution in [3.63, 3.8) is 0 Å². The lowest BCUT2D eigenvalue weighted by molar-refractivity contribution is -0.146. The van der Waals surface area contributed by atoms with Crippen LogP contribution in [-0.2, 0) is 26.1 Å². The summed E-state index contributed by atoms with van der Waals surface area (Å²) in [7, 11) is 1.44. The summed E-state index contributed by atoms with van der Waals surface area (Å²) < 4.78 is 12.4. The summed E-state index contributed by atoms with van der Waals surface area (Å²) in [5.41, 5.74) is 3.19. The molecule has 0 bridgehead atoms. The maximum atomic E-state index is 13.4. The van der Waals surface area contributed by atoms with Gasteiger partial charge in [0.1, 0.15) is 11.0 Å². The van der Waals surface area contributed by atoms with Crippen LogP contribution >= 0.6 is 0 Å². The lowest BCUT2D eigenvalue weighted by Crippen LogP contribution is -2.41. The summed E-state index contributed by atoms with van der Waals surface area (Å²) in [5, 5.41) is 2.02. The topological polar surface area (TPSA) is 73.3 Å². The summed E-state index contributed by atoms with van der Waals surface area (Å²) >= 11 is 0. The number of carbonyl (C=O) groups is 2. The maximum absolute atomic E-state index is 13.4. The highest BCUT2D eigenvalue weighted by atomic mass is 16.6. The number of H-pyrrole nitrogens is 1. The minimum absolute atomic E-state index is 0.277. The normalized spacial score (nSPS) is 18.3. The number of fused-ring (bicyclic) bond motifs is 4. The third-order valence-corrected chi connectivity index (χ3v) is 6.53. The zero-order valence-electron chi connectivity index (χ0n) is 19.4. The van der Waals surface area contributed by atoms with Gasteiger partial charge in [-0.05, 0) is 75.4 Å². The number of hydrogen-bond donors (Lipinski definition) is 1. The van der Waals surface area contributed by atoms with E-state index in [2.05, 4.69) is 11.1 Å². The minimum Gasteiger partial charge on any atom is -0.468 e. The van der Waals surface area contributed by atoms with Gasteiger partial charge in [-0.3, -0.25) is 9.36 Å². The van der Waals surface area contributed by atoms with Crippen molar-refractivity contribution in [1.82, 2.24) is 9.55 Å². The largest absolute Gasteiger partial charge is 0.468 e. The molecule has 1 aliphatic carbocycles. The van der Waals surface area contributed by atoms with E-state index in [0.717, 1.165) is 45.9 Å². The molecule has 1 aliphatic rings. The first kappa shape index (κ1) is 21.3. The van der Waals surface area contributed by atoms with Crippen LogP contribution in [0.15, 0.2) is 54.7 Å². The zero-order chi connectivity index (χ0) is 23.4. The van der Waals surface area contributed by atoms with Gasteiger partial charge < -0.3 is 14.5 Å². The number of aryl methyl sites for hydroxylation is 1. The zero-order valence-corrected chi connectivity index (χ0v) is 19.4. The number of esters is 1. The standard InChI is InChI=1S/C27H28N2O4/c1-26(2,3)33-25(31)29-15-13-17-16-18(11-12-22(17)29)27(24(30)32-4)14-7-9-20-19-8-5-6-10-21(19)28-23(20)27/h5-6,8,10-13,15-16,28H,7,9,14H2,1-4H3/t27-/m0/s1. The first-order valence-electron chi connectivity index (χ1n) is 11.3. The van der Waals surface area contributed by atoms with Crippen LogP contribution in [0.5, 0.6) is 0 Å². The molecule has 2 heterocycles. The summed E-state index contributed by atoms with van der Waals surface area (Å²) in [6.07, 6.45) is 3.72. The van der Waals surface area contributed by atoms with Crippen LogP contribution in [0, 0.1) is 0 Å². The van der Waals surface area contributed by atoms with E-state index in [-0.39, 0.29) is 5.97 Å². The highest BCUT2D eigenvalue weighted by Crippen LogP contribution is 2.46. The number of hydrogen-bond acceptors (Lipinski definition) is 4. The van der Waals surface area contributed by atoms with Crippen molar-refractivity contribution in [3.8, 4) is 0 Å². The van der Waals surface area contributed by atoms with E-state index in [9.17, 15) is 9.59 Å². The lowest BCUT2D eigenvalue weighted by Gasteiger charge is -2.35. The van der Waals surface area contributed by atoms with Crippen molar-refractivity contribution in [3.05, 3.63) is 71.5 Å². The third-order valence-electron chi connectivity index (χ3n) is 6.53. The maximum Gasteiger partial charge on any atom is 0.418 e. The molecular formula is C27H28N2O4. The fraction of sp³-hybridized carbons (Fsp3) is 0.333. The molecule has 0 saturated carbocycles. The smallest absolute Gasteiger partial charge is 0.418 e. The first-order chi connectivity index (χ1) is 15.7. The fourth-order valence-electron chi connectivity index (χ4n) is 5.14. The number of aromatic nitrogens is 2. The molecule has 0 fully saturated rings. The Hall–Kier alpha value is -3.54. The number of aromatic amines is 1. The highest BCUT2D eigenvalue weighted by Gasteiger charge is 2.48. The molecule has 2 aromatic heterocycles. The molecule has 0 radical (unpaired) electrons. The summed E-state index contributed by atoms with van der Waals surface area (Å²) in [5.74, 6) is -0.277. The molecule has 6 nitrogen and oxygen atoms in total. The summed E-state index contributed by atoms with van der Waals surface area (Å²) in [6, 6.07) is 15.8. The van der Waals surface area contributed by atoms with Gasteiger partial charge in [0.2, 0.25) is 0 Å². The Morgan fingerprint density at radius 1 is 1.09 bits per heavy atom. The Kier molecular flexibility index (Phi) is 4.85. The van der Waals surface area contributed by atoms with Gasteiger partial charge >= 0.3 is 12.1 Å². The van der Waals surface area contributed by atoms with Crippen molar-refractivity contribution in [2.24, 2.45) is 0 Å². The van der Waals surface area contributed by atoms with Gasteiger partial charge in [0, 0.05) is 28.2 Å². The number of nitrogens with one attached hydrogen (secondary N) is 1. The van der Waals surface area contributed by atoms with Crippen molar-refractivity contribution in [2.75, 3.05) is 7.11 Å². The van der Waals surface area contributed by atoms with Gasteiger partial charge in [-0.2, -0.15) is 0 Å². The summed E-state index contributed by atoms with van der Waals surface area (Å²) in [6.45, 7) is 5.53. The van der Waals surface area contributed by atoms with E-state index >= 15 is 0 Å². The number of methoxy groups -OCH3 is 1. The van der Waals surface area contributed by atoms with Crippen LogP contribution < -0.4 is 0 Å². The Morgan fingerprint density at radius 2 is 1.88 bits per heavy atom. The second-order valence-corrected chi connectivity index (χ2v) is 9.71. The second kappa shape index (κ2) is 7.51. The molecule has 0 amide bonds. The second-order valence-electron chi connectivity index (χ2n) is 9.71. The number of ether oxygens (including phenoxy) is 2. The van der Waals surface area contributed by atoms with Crippen LogP contribution in [0.25, 0.3) is 21.8 Å². The van der Waals surface area contributed by atoms with Crippen LogP contribution in [0.1, 0.15) is 50.4 Å². The third kappa shape index (κ3) is 3.32. The molecule has 33 heavy (non-hydrogen) atoms. The molecular weight excluding hydrogens is 416 g/mol. The molecule has 5 rings (SSSR count). The van der Waals surface area contributed by atoms with E-state index in [1.165, 1.54) is 17.2 Å². The number of nitrogens with zero attached hydrogens (tertiary/aromatic N) is 1. The van der Waals surface area contributed by atoms with Crippen LogP contribution in [-0.4, -0.2) is 34.3 Å². The van der Waals surface area contributed by atoms with E-state index in [1.54, 1.807) is 6.20 Å². The summed E-state index contributed by atoms with van der Waals surface area (Å²) in [4.78, 5) is 29.6. The number of para-hydroxylation sites is 1. The van der Waals surface area contributed by atoms with E-state index < -0.39 is 17.1 Å². The average Bonchev–Trinajstić information content (AvgIpc) is 3.38. The quantitative estimate of drug-likeness (QED) is 0.403. The Morgan fingerprint density at radius 3 is 2.64 bits per heavy atom. The molecule has 6 heteroatoms. The van der Waals surface area contributed by atoms with Crippen LogP contribution in [0.2, 0.25) is 0 Å². The Bertz CT molecular complexity index is 1390. The minimum atomic E-state index is -0.927. The fourth-order valence-corrected chi connectivity index (χ4v) is 5.14. The molecule has 170 valence electrons. The number of rotatable bonds is 2. The van der Waals surface area contributed by atoms with Gasteiger partial charge in [-0.1, -0.05) is 24.3 Å². The molecule has 0 unspecified atom stereocenters. The monoisotopic (exact) mass is 444 g/mol. The highest BCUT2D eigenvalue weighted by molar-refractivity contribution is 5.96. The molecule has 0 aliphatic heterocycles. The van der Waals surface area contributed by atoms with Crippen molar-refractivity contribution >= 4 is 33.9 Å². The van der Waals surface area contributed by atoms with Gasteiger partial charge in [0.15, 0.2) is 0 Å². The molecule has 0 saturated heterocycles. The van der Waals surface area contributed by atoms with Crippen LogP contribution in [0.4, 0.5) is 4.79 Å². The average molecular weight is 445 g/mol. The Balaban J connectivity index is 1.67. The Labute approximate surface area is 192 Å². The van der Waals surface area contributed by atoms with E-state index in [1.807, 2.05) is 63.2 Å². The van der Waals surface area contributed by atoms with Crippen LogP contribution in [0.3, 0.4) is 0 Å². The molecule has 4 aromatic rings. The molecule has 0 spiro atoms. The van der Waals surface area contributed by atoms with Gasteiger partial charge in [-0.25, -0.2) is 4.79 Å². The predicted molar refractivity (Wildman–Crippen MR) is 128 cm³/mol. The van der Waals surface area contributed by atoms with Crippen molar-refractivity contribution in [2.45, 2.75) is 51.0 Å². The van der Waals surface area contributed by atoms with Crippen molar-refractivity contribution in [1.29, 1.82) is 0 Å². The van der Waals surface area contributed by atoms with E-state index in [4.69, 9.17) is 9.47 Å². The number of benzene rings is 2. The van der Waals surface area contributed by atoms with Gasteiger partial charge in [0.05, 0.1) is 12.6 Å². The first-order valence-corrected chi connectivity index (χ1v) is 11.3. The molecule has 2 aromatic carbocycles. The molecule has 1 N–H and O–H groups in total. The van der Waals surface area contributed by atoms with E-state index in [0.29, 0.717) is 6.42 Å². The van der Waals surface area contributed by atoms with Gasteiger partial charge in [-0.15, -0.1) is 0 Å². The number of carbonyl (C=O) groups excluding carboxylic acids is 2.